The number of aliphatic hydroxyl groups is 1. The first-order chi connectivity index (χ1) is 48.5. The number of phosphoric ester groups is 2. The Labute approximate surface area is 612 Å². The van der Waals surface area contributed by atoms with Crippen LogP contribution in [0.1, 0.15) is 407 Å². The second-order valence-corrected chi connectivity index (χ2v) is 31.9. The first-order valence-electron chi connectivity index (χ1n) is 41.5. The summed E-state index contributed by atoms with van der Waals surface area (Å²) >= 11 is 0. The van der Waals surface area contributed by atoms with E-state index >= 15 is 0 Å². The van der Waals surface area contributed by atoms with Crippen molar-refractivity contribution in [3.8, 4) is 0 Å². The van der Waals surface area contributed by atoms with E-state index in [1.807, 2.05) is 0 Å². The van der Waals surface area contributed by atoms with E-state index < -0.39 is 97.5 Å². The molecule has 0 rings (SSSR count). The van der Waals surface area contributed by atoms with Gasteiger partial charge in [-0.3, -0.25) is 37.3 Å². The maximum atomic E-state index is 13.1. The molecule has 0 aliphatic carbocycles. The van der Waals surface area contributed by atoms with E-state index in [2.05, 4.69) is 58.9 Å². The topological polar surface area (TPSA) is 237 Å². The number of unbranched alkanes of at least 4 members (excludes halogenated alkanes) is 48. The van der Waals surface area contributed by atoms with E-state index in [1.54, 1.807) is 0 Å². The lowest BCUT2D eigenvalue weighted by Gasteiger charge is -2.21. The van der Waals surface area contributed by atoms with Crippen molar-refractivity contribution in [1.29, 1.82) is 0 Å². The first-order valence-corrected chi connectivity index (χ1v) is 44.4. The van der Waals surface area contributed by atoms with Crippen LogP contribution in [0.5, 0.6) is 0 Å². The Morgan fingerprint density at radius 1 is 0.310 bits per heavy atom. The molecular weight excluding hydrogens is 1310 g/mol. The number of aliphatic hydroxyl groups excluding tert-OH is 1. The van der Waals surface area contributed by atoms with E-state index in [-0.39, 0.29) is 25.7 Å². The van der Waals surface area contributed by atoms with Crippen LogP contribution in [-0.2, 0) is 65.4 Å². The molecule has 0 aromatic rings. The zero-order valence-electron chi connectivity index (χ0n) is 64.8. The summed E-state index contributed by atoms with van der Waals surface area (Å²) in [6, 6.07) is 0. The van der Waals surface area contributed by atoms with Gasteiger partial charge in [-0.05, 0) is 57.3 Å². The number of hydrogen-bond donors (Lipinski definition) is 3. The van der Waals surface area contributed by atoms with Crippen molar-refractivity contribution in [3.05, 3.63) is 24.3 Å². The Morgan fingerprint density at radius 3 is 0.820 bits per heavy atom. The Balaban J connectivity index is 5.19. The fraction of sp³-hybridized carbons (Fsp3) is 0.901. The minimum absolute atomic E-state index is 0.0850. The molecule has 0 aliphatic rings. The Bertz CT molecular complexity index is 2000. The molecule has 0 saturated heterocycles. The van der Waals surface area contributed by atoms with Crippen LogP contribution in [0.3, 0.4) is 0 Å². The number of rotatable bonds is 79. The van der Waals surface area contributed by atoms with Gasteiger partial charge in [0, 0.05) is 25.7 Å². The number of carbonyl (C=O) groups excluding carboxylic acids is 4. The van der Waals surface area contributed by atoms with Gasteiger partial charge in [-0.2, -0.15) is 0 Å². The van der Waals surface area contributed by atoms with Gasteiger partial charge >= 0.3 is 39.5 Å². The highest BCUT2D eigenvalue weighted by molar-refractivity contribution is 7.47. The summed E-state index contributed by atoms with van der Waals surface area (Å²) in [4.78, 5) is 72.8. The van der Waals surface area contributed by atoms with Gasteiger partial charge in [-0.15, -0.1) is 0 Å². The van der Waals surface area contributed by atoms with Crippen molar-refractivity contribution in [3.63, 3.8) is 0 Å². The molecule has 0 aliphatic heterocycles. The van der Waals surface area contributed by atoms with Crippen LogP contribution < -0.4 is 0 Å². The third kappa shape index (κ3) is 73.8. The molecule has 17 nitrogen and oxygen atoms in total. The molecule has 0 amide bonds. The van der Waals surface area contributed by atoms with Crippen molar-refractivity contribution in [1.82, 2.24) is 0 Å². The van der Waals surface area contributed by atoms with Gasteiger partial charge < -0.3 is 33.8 Å². The molecule has 0 aromatic carbocycles. The lowest BCUT2D eigenvalue weighted by molar-refractivity contribution is -0.161. The molecule has 5 atom stereocenters. The van der Waals surface area contributed by atoms with Crippen LogP contribution in [-0.4, -0.2) is 96.7 Å². The molecule has 0 fully saturated rings. The SMILES string of the molecule is CCCCCC/C=C\C=C/CCCCCCCC(=O)O[C@H](COC(=O)CCCCCCCCC)COP(=O)(O)OC[C@H](O)COP(=O)(O)OC[C@@H](COC(=O)CCCCCCCCCCCCCCCC(C)C)OC(=O)CCCCCCCCCCCCCCCCCCCCCCCC. The van der Waals surface area contributed by atoms with E-state index in [0.29, 0.717) is 25.7 Å². The Morgan fingerprint density at radius 2 is 0.540 bits per heavy atom. The average Bonchev–Trinajstić information content (AvgIpc) is 0.940. The van der Waals surface area contributed by atoms with Gasteiger partial charge in [0.15, 0.2) is 12.2 Å². The van der Waals surface area contributed by atoms with E-state index in [1.165, 1.54) is 205 Å². The maximum Gasteiger partial charge on any atom is 0.472 e. The minimum Gasteiger partial charge on any atom is -0.462 e. The van der Waals surface area contributed by atoms with Gasteiger partial charge in [0.05, 0.1) is 26.4 Å². The van der Waals surface area contributed by atoms with Crippen molar-refractivity contribution in [2.45, 2.75) is 425 Å². The van der Waals surface area contributed by atoms with Crippen LogP contribution in [0.2, 0.25) is 0 Å². The van der Waals surface area contributed by atoms with E-state index in [4.69, 9.17) is 37.0 Å². The number of carbonyl (C=O) groups is 4. The lowest BCUT2D eigenvalue weighted by atomic mass is 10.0. The highest BCUT2D eigenvalue weighted by Crippen LogP contribution is 2.45. The monoisotopic (exact) mass is 1460 g/mol. The van der Waals surface area contributed by atoms with Crippen LogP contribution in [0.4, 0.5) is 0 Å². The largest absolute Gasteiger partial charge is 0.472 e. The highest BCUT2D eigenvalue weighted by Gasteiger charge is 2.30. The third-order valence-corrected chi connectivity index (χ3v) is 20.3. The number of ether oxygens (including phenoxy) is 4. The quantitative estimate of drug-likeness (QED) is 0.0169. The number of hydrogen-bond acceptors (Lipinski definition) is 15. The van der Waals surface area contributed by atoms with Crippen LogP contribution >= 0.6 is 15.6 Å². The molecule has 19 heteroatoms. The van der Waals surface area contributed by atoms with Crippen molar-refractivity contribution < 1.29 is 80.2 Å². The van der Waals surface area contributed by atoms with Gasteiger partial charge in [0.1, 0.15) is 19.3 Å². The van der Waals surface area contributed by atoms with Gasteiger partial charge in [-0.1, -0.05) is 354 Å². The van der Waals surface area contributed by atoms with E-state index in [9.17, 15) is 43.2 Å². The lowest BCUT2D eigenvalue weighted by Crippen LogP contribution is -2.30. The zero-order valence-corrected chi connectivity index (χ0v) is 66.6. The molecule has 0 heterocycles. The van der Waals surface area contributed by atoms with E-state index in [0.717, 1.165) is 121 Å². The summed E-state index contributed by atoms with van der Waals surface area (Å²) in [5.41, 5.74) is 0. The highest BCUT2D eigenvalue weighted by atomic mass is 31.2. The molecule has 3 N–H and O–H groups in total. The molecule has 0 bridgehead atoms. The molecule has 0 spiro atoms. The summed E-state index contributed by atoms with van der Waals surface area (Å²) in [7, 11) is -9.93. The standard InChI is InChI=1S/C81H154O17P2/c1-6-9-12-15-18-20-22-24-26-27-28-29-30-31-32-34-38-43-47-52-57-62-67-81(86)98-77(71-92-79(84)65-60-55-50-45-41-39-35-36-40-44-49-53-58-63-74(4)5)73-96-100(89,90)94-69-75(82)68-93-99(87,88)95-72-76(70-91-78(83)64-59-54-48-17-14-11-8-3)97-80(85)66-61-56-51-46-42-37-33-25-23-21-19-16-13-10-7-2/h21,23,25,33,74-77,82H,6-20,22,24,26-32,34-73H2,1-5H3,(H,87,88)(H,89,90)/b23-21-,33-25-/t75-,76+,77+/m0/s1. The normalized spacial score (nSPS) is 14.0. The molecule has 0 saturated carbocycles. The summed E-state index contributed by atoms with van der Waals surface area (Å²) in [6.07, 6.45) is 67.7. The summed E-state index contributed by atoms with van der Waals surface area (Å²) < 4.78 is 68.5. The van der Waals surface area contributed by atoms with Crippen molar-refractivity contribution in [2.24, 2.45) is 5.92 Å². The fourth-order valence-corrected chi connectivity index (χ4v) is 13.6. The number of allylic oxidation sites excluding steroid dienone is 4. The molecule has 100 heavy (non-hydrogen) atoms. The average molecular weight is 1460 g/mol. The maximum absolute atomic E-state index is 13.1. The minimum atomic E-state index is -4.96. The zero-order chi connectivity index (χ0) is 73.4. The molecule has 590 valence electrons. The summed E-state index contributed by atoms with van der Waals surface area (Å²) in [5, 5.41) is 10.6. The van der Waals surface area contributed by atoms with Crippen molar-refractivity contribution >= 4 is 39.5 Å². The van der Waals surface area contributed by atoms with Gasteiger partial charge in [0.25, 0.3) is 0 Å². The second-order valence-electron chi connectivity index (χ2n) is 29.0. The molecular formula is C81H154O17P2. The number of esters is 4. The molecule has 0 aromatic heterocycles. The fourth-order valence-electron chi connectivity index (χ4n) is 12.0. The molecule has 0 radical (unpaired) electrons. The third-order valence-electron chi connectivity index (χ3n) is 18.4. The predicted molar refractivity (Wildman–Crippen MR) is 409 cm³/mol. The van der Waals surface area contributed by atoms with Gasteiger partial charge in [0.2, 0.25) is 0 Å². The summed E-state index contributed by atoms with van der Waals surface area (Å²) in [5.74, 6) is -1.35. The summed E-state index contributed by atoms with van der Waals surface area (Å²) in [6.45, 7) is 7.23. The second kappa shape index (κ2) is 73.4. The van der Waals surface area contributed by atoms with Crippen molar-refractivity contribution in [2.75, 3.05) is 39.6 Å². The van der Waals surface area contributed by atoms with Crippen LogP contribution in [0.15, 0.2) is 24.3 Å². The number of phosphoric acid groups is 2. The smallest absolute Gasteiger partial charge is 0.462 e. The predicted octanol–water partition coefficient (Wildman–Crippen LogP) is 24.0. The Kier molecular flexibility index (Phi) is 71.6. The first kappa shape index (κ1) is 97.5. The van der Waals surface area contributed by atoms with Crippen LogP contribution in [0, 0.1) is 5.92 Å². The van der Waals surface area contributed by atoms with Crippen LogP contribution in [0.25, 0.3) is 0 Å². The Hall–Kier alpha value is -2.46. The molecule has 2 unspecified atom stereocenters. The van der Waals surface area contributed by atoms with Gasteiger partial charge in [-0.25, -0.2) is 9.13 Å².